The van der Waals surface area contributed by atoms with E-state index in [1.807, 2.05) is 37.3 Å². The Morgan fingerprint density at radius 1 is 1.20 bits per heavy atom. The monoisotopic (exact) mass is 410 g/mol. The molecule has 0 fully saturated rings. The highest BCUT2D eigenvalue weighted by atomic mass is 35.5. The second kappa shape index (κ2) is 7.87. The predicted molar refractivity (Wildman–Crippen MR) is 110 cm³/mol. The average molecular weight is 411 g/mol. The van der Waals surface area contributed by atoms with E-state index in [-0.39, 0.29) is 5.91 Å². The highest BCUT2D eigenvalue weighted by Crippen LogP contribution is 2.35. The molecular formula is C18H16Cl2N2OS2. The number of hydrazone groups is 1. The number of amides is 1. The van der Waals surface area contributed by atoms with Crippen LogP contribution < -0.4 is 5.43 Å². The Labute approximate surface area is 164 Å². The first-order valence-electron chi connectivity index (χ1n) is 7.81. The van der Waals surface area contributed by atoms with E-state index in [4.69, 9.17) is 23.2 Å². The van der Waals surface area contributed by atoms with Gasteiger partial charge in [0.05, 0.1) is 19.9 Å². The molecule has 0 radical (unpaired) electrons. The molecule has 0 saturated carbocycles. The zero-order valence-corrected chi connectivity index (χ0v) is 16.9. The summed E-state index contributed by atoms with van der Waals surface area (Å²) in [5.41, 5.74) is 4.60. The Kier molecular flexibility index (Phi) is 5.79. The normalized spacial score (nSPS) is 11.9. The van der Waals surface area contributed by atoms with Gasteiger partial charge in [0.2, 0.25) is 0 Å². The van der Waals surface area contributed by atoms with Gasteiger partial charge in [-0.15, -0.1) is 22.7 Å². The summed E-state index contributed by atoms with van der Waals surface area (Å²) in [5.74, 6) is -0.292. The lowest BCUT2D eigenvalue weighted by Gasteiger charge is -2.03. The van der Waals surface area contributed by atoms with Crippen molar-refractivity contribution in [3.63, 3.8) is 0 Å². The Morgan fingerprint density at radius 3 is 2.68 bits per heavy atom. The lowest BCUT2D eigenvalue weighted by Crippen LogP contribution is -2.19. The van der Waals surface area contributed by atoms with Crippen LogP contribution in [-0.2, 0) is 0 Å². The number of fused-ring (bicyclic) bond motifs is 1. The molecule has 1 amide bonds. The van der Waals surface area contributed by atoms with E-state index in [1.165, 1.54) is 22.7 Å². The second-order valence-electron chi connectivity index (χ2n) is 5.60. The molecule has 1 aromatic carbocycles. The van der Waals surface area contributed by atoms with Crippen molar-refractivity contribution in [2.75, 3.05) is 0 Å². The molecule has 3 aromatic rings. The number of hydrogen-bond donors (Lipinski definition) is 1. The molecule has 2 aromatic heterocycles. The summed E-state index contributed by atoms with van der Waals surface area (Å²) in [6.45, 7) is 4.08. The van der Waals surface area contributed by atoms with Crippen molar-refractivity contribution in [3.8, 4) is 0 Å². The molecule has 0 aliphatic carbocycles. The third kappa shape index (κ3) is 4.06. The standard InChI is InChI=1S/C18H16Cl2N2OS2/c1-3-4-12(13-7-8-15(19)24-13)21-22-18(23)17-16(20)11-6-5-10(2)9-14(11)25-17/h5-9H,3-4H2,1-2H3,(H,22,23)/b21-12+. The average Bonchev–Trinajstić information content (AvgIpc) is 3.15. The number of benzene rings is 1. The van der Waals surface area contributed by atoms with Crippen molar-refractivity contribution in [2.24, 2.45) is 5.10 Å². The lowest BCUT2D eigenvalue weighted by molar-refractivity contribution is 0.0959. The molecule has 130 valence electrons. The number of carbonyl (C=O) groups is 1. The SMILES string of the molecule is CCC/C(=N\NC(=O)c1sc2cc(C)ccc2c1Cl)c1ccc(Cl)s1. The molecule has 0 aliphatic heterocycles. The topological polar surface area (TPSA) is 41.5 Å². The number of nitrogens with zero attached hydrogens (tertiary/aromatic N) is 1. The summed E-state index contributed by atoms with van der Waals surface area (Å²) in [7, 11) is 0. The first kappa shape index (κ1) is 18.4. The summed E-state index contributed by atoms with van der Waals surface area (Å²) >= 11 is 15.2. The van der Waals surface area contributed by atoms with E-state index < -0.39 is 0 Å². The van der Waals surface area contributed by atoms with Crippen molar-refractivity contribution >= 4 is 67.6 Å². The quantitative estimate of drug-likeness (QED) is 0.377. The van der Waals surface area contributed by atoms with E-state index in [0.717, 1.165) is 39.1 Å². The molecule has 1 N–H and O–H groups in total. The van der Waals surface area contributed by atoms with Crippen LogP contribution in [0.25, 0.3) is 10.1 Å². The van der Waals surface area contributed by atoms with Gasteiger partial charge in [-0.2, -0.15) is 5.10 Å². The Balaban J connectivity index is 1.87. The minimum Gasteiger partial charge on any atom is -0.266 e. The maximum Gasteiger partial charge on any atom is 0.283 e. The van der Waals surface area contributed by atoms with Crippen molar-refractivity contribution in [1.29, 1.82) is 0 Å². The molecule has 2 heterocycles. The molecule has 7 heteroatoms. The van der Waals surface area contributed by atoms with E-state index in [2.05, 4.69) is 17.5 Å². The van der Waals surface area contributed by atoms with Gasteiger partial charge in [-0.25, -0.2) is 5.43 Å². The number of thiophene rings is 2. The molecule has 3 nitrogen and oxygen atoms in total. The van der Waals surface area contributed by atoms with Crippen LogP contribution in [0.15, 0.2) is 35.4 Å². The number of rotatable bonds is 5. The maximum absolute atomic E-state index is 12.6. The summed E-state index contributed by atoms with van der Waals surface area (Å²) < 4.78 is 1.70. The van der Waals surface area contributed by atoms with Gasteiger partial charge >= 0.3 is 0 Å². The number of nitrogens with one attached hydrogen (secondary N) is 1. The van der Waals surface area contributed by atoms with E-state index in [9.17, 15) is 4.79 Å². The van der Waals surface area contributed by atoms with Gasteiger partial charge in [0.1, 0.15) is 4.88 Å². The Bertz CT molecular complexity index is 959. The molecule has 3 rings (SSSR count). The zero-order chi connectivity index (χ0) is 18.0. The molecular weight excluding hydrogens is 395 g/mol. The third-order valence-corrected chi connectivity index (χ3v) is 6.56. The molecule has 0 atom stereocenters. The first-order chi connectivity index (χ1) is 12.0. The molecule has 0 saturated heterocycles. The molecule has 0 unspecified atom stereocenters. The van der Waals surface area contributed by atoms with E-state index in [0.29, 0.717) is 14.2 Å². The maximum atomic E-state index is 12.6. The molecule has 0 aliphatic rings. The van der Waals surface area contributed by atoms with Gasteiger partial charge in [0.25, 0.3) is 5.91 Å². The van der Waals surface area contributed by atoms with Crippen LogP contribution in [0.1, 0.15) is 39.9 Å². The minimum absolute atomic E-state index is 0.292. The minimum atomic E-state index is -0.292. The van der Waals surface area contributed by atoms with Crippen LogP contribution >= 0.6 is 45.9 Å². The summed E-state index contributed by atoms with van der Waals surface area (Å²) in [4.78, 5) is 14.0. The summed E-state index contributed by atoms with van der Waals surface area (Å²) in [5, 5.41) is 5.69. The van der Waals surface area contributed by atoms with Crippen LogP contribution in [0.5, 0.6) is 0 Å². The fraction of sp³-hybridized carbons (Fsp3) is 0.222. The number of halogens is 2. The Morgan fingerprint density at radius 2 is 2.00 bits per heavy atom. The summed E-state index contributed by atoms with van der Waals surface area (Å²) in [6.07, 6.45) is 1.68. The van der Waals surface area contributed by atoms with Gasteiger partial charge in [0.15, 0.2) is 0 Å². The fourth-order valence-corrected chi connectivity index (χ4v) is 4.99. The van der Waals surface area contributed by atoms with Gasteiger partial charge in [-0.1, -0.05) is 48.7 Å². The van der Waals surface area contributed by atoms with Gasteiger partial charge in [0, 0.05) is 10.1 Å². The Hall–Kier alpha value is -1.40. The van der Waals surface area contributed by atoms with Crippen molar-refractivity contribution in [3.05, 3.63) is 55.0 Å². The van der Waals surface area contributed by atoms with Gasteiger partial charge in [-0.3, -0.25) is 4.79 Å². The van der Waals surface area contributed by atoms with Crippen LogP contribution in [-0.4, -0.2) is 11.6 Å². The lowest BCUT2D eigenvalue weighted by atomic mass is 10.2. The van der Waals surface area contributed by atoms with E-state index in [1.54, 1.807) is 0 Å². The zero-order valence-electron chi connectivity index (χ0n) is 13.7. The predicted octanol–water partition coefficient (Wildman–Crippen LogP) is 6.51. The highest BCUT2D eigenvalue weighted by Gasteiger charge is 2.17. The van der Waals surface area contributed by atoms with Crippen LogP contribution in [0.3, 0.4) is 0 Å². The number of hydrogen-bond acceptors (Lipinski definition) is 4. The number of aryl methyl sites for hydroxylation is 1. The molecule has 25 heavy (non-hydrogen) atoms. The number of carbonyl (C=O) groups excluding carboxylic acids is 1. The van der Waals surface area contributed by atoms with Crippen LogP contribution in [0.4, 0.5) is 0 Å². The summed E-state index contributed by atoms with van der Waals surface area (Å²) in [6, 6.07) is 9.71. The highest BCUT2D eigenvalue weighted by molar-refractivity contribution is 7.21. The van der Waals surface area contributed by atoms with Gasteiger partial charge in [-0.05, 0) is 37.1 Å². The smallest absolute Gasteiger partial charge is 0.266 e. The largest absolute Gasteiger partial charge is 0.283 e. The van der Waals surface area contributed by atoms with Crippen molar-refractivity contribution < 1.29 is 4.79 Å². The first-order valence-corrected chi connectivity index (χ1v) is 10.2. The van der Waals surface area contributed by atoms with E-state index >= 15 is 0 Å². The molecule has 0 bridgehead atoms. The van der Waals surface area contributed by atoms with Gasteiger partial charge < -0.3 is 0 Å². The van der Waals surface area contributed by atoms with Crippen molar-refractivity contribution in [2.45, 2.75) is 26.7 Å². The van der Waals surface area contributed by atoms with Crippen molar-refractivity contribution in [1.82, 2.24) is 5.43 Å². The second-order valence-corrected chi connectivity index (χ2v) is 8.74. The fourth-order valence-electron chi connectivity index (χ4n) is 2.43. The third-order valence-electron chi connectivity index (χ3n) is 3.63. The van der Waals surface area contributed by atoms with Crippen LogP contribution in [0, 0.1) is 6.92 Å². The van der Waals surface area contributed by atoms with Crippen LogP contribution in [0.2, 0.25) is 9.36 Å². The molecule has 0 spiro atoms.